The van der Waals surface area contributed by atoms with E-state index in [2.05, 4.69) is 15.9 Å². The molecule has 13 heavy (non-hydrogen) atoms. The highest BCUT2D eigenvalue weighted by Crippen LogP contribution is 2.26. The Balaban J connectivity index is 2.24. The zero-order valence-electron chi connectivity index (χ0n) is 6.94. The van der Waals surface area contributed by atoms with E-state index in [1.807, 2.05) is 11.4 Å². The second-order valence-corrected chi connectivity index (χ2v) is 5.43. The van der Waals surface area contributed by atoms with Crippen LogP contribution in [0.3, 0.4) is 0 Å². The lowest BCUT2D eigenvalue weighted by Gasteiger charge is -2.05. The average molecular weight is 283 g/mol. The lowest BCUT2D eigenvalue weighted by Crippen LogP contribution is -2.14. The zero-order chi connectivity index (χ0) is 9.68. The first-order valence-corrected chi connectivity index (χ1v) is 6.65. The first kappa shape index (κ1) is 11.5. The molecule has 1 aromatic heterocycles. The Labute approximate surface area is 94.1 Å². The molecule has 0 fully saturated rings. The van der Waals surface area contributed by atoms with Crippen molar-refractivity contribution in [1.82, 2.24) is 0 Å². The Morgan fingerprint density at radius 1 is 1.62 bits per heavy atom. The van der Waals surface area contributed by atoms with Crippen molar-refractivity contribution in [3.05, 3.63) is 20.8 Å². The molecule has 1 heterocycles. The van der Waals surface area contributed by atoms with Gasteiger partial charge < -0.3 is 10.2 Å². The van der Waals surface area contributed by atoms with Gasteiger partial charge in [-0.25, -0.2) is 0 Å². The summed E-state index contributed by atoms with van der Waals surface area (Å²) in [5.74, 6) is 1.47. The molecule has 1 aromatic rings. The van der Waals surface area contributed by atoms with Crippen molar-refractivity contribution in [2.24, 2.45) is 0 Å². The summed E-state index contributed by atoms with van der Waals surface area (Å²) in [6.07, 6.45) is -0.594. The maximum atomic E-state index is 9.08. The molecular formula is C8H11BrO2S2. The van der Waals surface area contributed by atoms with E-state index >= 15 is 0 Å². The number of hydrogen-bond donors (Lipinski definition) is 2. The van der Waals surface area contributed by atoms with E-state index in [9.17, 15) is 0 Å². The number of aliphatic hydroxyl groups excluding tert-OH is 2. The van der Waals surface area contributed by atoms with Gasteiger partial charge in [0.1, 0.15) is 0 Å². The molecule has 2 nitrogen and oxygen atoms in total. The van der Waals surface area contributed by atoms with Crippen molar-refractivity contribution in [2.75, 3.05) is 12.4 Å². The number of hydrogen-bond acceptors (Lipinski definition) is 4. The van der Waals surface area contributed by atoms with Gasteiger partial charge in [0.15, 0.2) is 0 Å². The van der Waals surface area contributed by atoms with Crippen LogP contribution in [0.1, 0.15) is 4.88 Å². The van der Waals surface area contributed by atoms with Gasteiger partial charge in [-0.2, -0.15) is 11.8 Å². The second kappa shape index (κ2) is 6.03. The van der Waals surface area contributed by atoms with Crippen molar-refractivity contribution in [3.8, 4) is 0 Å². The number of halogens is 1. The monoisotopic (exact) mass is 282 g/mol. The van der Waals surface area contributed by atoms with Gasteiger partial charge in [0.25, 0.3) is 0 Å². The van der Waals surface area contributed by atoms with Gasteiger partial charge >= 0.3 is 0 Å². The maximum Gasteiger partial charge on any atom is 0.0861 e. The standard InChI is InChI=1S/C8H11BrO2S2/c9-7-1-2-13-8(7)5-12-4-6(11)3-10/h1-2,6,10-11H,3-5H2. The Morgan fingerprint density at radius 2 is 2.38 bits per heavy atom. The molecule has 0 spiro atoms. The molecule has 0 aliphatic rings. The van der Waals surface area contributed by atoms with Crippen molar-refractivity contribution < 1.29 is 10.2 Å². The second-order valence-electron chi connectivity index (χ2n) is 2.54. The highest BCUT2D eigenvalue weighted by molar-refractivity contribution is 9.10. The SMILES string of the molecule is OCC(O)CSCc1sccc1Br. The molecule has 1 unspecified atom stereocenters. The Bertz CT molecular complexity index is 252. The van der Waals surface area contributed by atoms with Crippen LogP contribution in [0.4, 0.5) is 0 Å². The predicted octanol–water partition coefficient (Wildman–Crippen LogP) is 2.10. The van der Waals surface area contributed by atoms with Crippen molar-refractivity contribution in [2.45, 2.75) is 11.9 Å². The molecule has 0 saturated heterocycles. The van der Waals surface area contributed by atoms with E-state index < -0.39 is 6.10 Å². The number of thioether (sulfide) groups is 1. The predicted molar refractivity (Wildman–Crippen MR) is 61.3 cm³/mol. The summed E-state index contributed by atoms with van der Waals surface area (Å²) in [4.78, 5) is 1.27. The number of thiophene rings is 1. The number of aliphatic hydroxyl groups is 2. The average Bonchev–Trinajstić information content (AvgIpc) is 2.52. The molecular weight excluding hydrogens is 272 g/mol. The molecule has 74 valence electrons. The van der Waals surface area contributed by atoms with Crippen LogP contribution in [0.5, 0.6) is 0 Å². The summed E-state index contributed by atoms with van der Waals surface area (Å²) in [5.41, 5.74) is 0. The van der Waals surface area contributed by atoms with Crippen LogP contribution in [0.25, 0.3) is 0 Å². The topological polar surface area (TPSA) is 40.5 Å². The normalized spacial score (nSPS) is 13.2. The molecule has 0 amide bonds. The van der Waals surface area contributed by atoms with Crippen LogP contribution in [-0.4, -0.2) is 28.7 Å². The van der Waals surface area contributed by atoms with E-state index in [1.54, 1.807) is 23.1 Å². The zero-order valence-corrected chi connectivity index (χ0v) is 10.2. The van der Waals surface area contributed by atoms with Crippen molar-refractivity contribution in [3.63, 3.8) is 0 Å². The Morgan fingerprint density at radius 3 is 2.92 bits per heavy atom. The molecule has 0 aliphatic heterocycles. The van der Waals surface area contributed by atoms with Crippen molar-refractivity contribution in [1.29, 1.82) is 0 Å². The summed E-state index contributed by atoms with van der Waals surface area (Å²) in [5, 5.41) is 19.7. The van der Waals surface area contributed by atoms with E-state index in [0.29, 0.717) is 5.75 Å². The molecule has 0 aliphatic carbocycles. The van der Waals surface area contributed by atoms with Crippen LogP contribution < -0.4 is 0 Å². The molecule has 0 aromatic carbocycles. The third-order valence-electron chi connectivity index (χ3n) is 1.45. The van der Waals surface area contributed by atoms with Gasteiger partial charge in [0.05, 0.1) is 12.7 Å². The maximum absolute atomic E-state index is 9.08. The first-order chi connectivity index (χ1) is 6.24. The van der Waals surface area contributed by atoms with E-state index in [-0.39, 0.29) is 6.61 Å². The van der Waals surface area contributed by atoms with Crippen LogP contribution >= 0.6 is 39.0 Å². The third-order valence-corrected chi connectivity index (χ3v) is 4.67. The Hall–Kier alpha value is 0.450. The molecule has 2 N–H and O–H groups in total. The highest BCUT2D eigenvalue weighted by atomic mass is 79.9. The molecule has 1 rings (SSSR count). The largest absolute Gasteiger partial charge is 0.394 e. The number of rotatable bonds is 5. The lowest BCUT2D eigenvalue weighted by molar-refractivity contribution is 0.113. The van der Waals surface area contributed by atoms with E-state index in [1.165, 1.54) is 4.88 Å². The highest BCUT2D eigenvalue weighted by Gasteiger charge is 2.04. The summed E-state index contributed by atoms with van der Waals surface area (Å²) in [6, 6.07) is 2.02. The van der Waals surface area contributed by atoms with E-state index in [0.717, 1.165) is 10.2 Å². The molecule has 0 saturated carbocycles. The van der Waals surface area contributed by atoms with Gasteiger partial charge in [-0.1, -0.05) is 0 Å². The fourth-order valence-corrected chi connectivity index (χ4v) is 3.59. The van der Waals surface area contributed by atoms with Crippen LogP contribution in [0, 0.1) is 0 Å². The first-order valence-electron chi connectivity index (χ1n) is 3.82. The van der Waals surface area contributed by atoms with Gasteiger partial charge in [0.2, 0.25) is 0 Å². The fourth-order valence-electron chi connectivity index (χ4n) is 0.768. The third kappa shape index (κ3) is 3.99. The lowest BCUT2D eigenvalue weighted by atomic mass is 10.4. The van der Waals surface area contributed by atoms with Crippen molar-refractivity contribution >= 4 is 39.0 Å². The van der Waals surface area contributed by atoms with Gasteiger partial charge in [0, 0.05) is 20.9 Å². The molecule has 5 heteroatoms. The quantitative estimate of drug-likeness (QED) is 0.869. The van der Waals surface area contributed by atoms with Crippen LogP contribution in [0.15, 0.2) is 15.9 Å². The van der Waals surface area contributed by atoms with E-state index in [4.69, 9.17) is 10.2 Å². The molecule has 0 radical (unpaired) electrons. The minimum atomic E-state index is -0.594. The Kier molecular flexibility index (Phi) is 5.35. The van der Waals surface area contributed by atoms with Gasteiger partial charge in [-0.15, -0.1) is 11.3 Å². The molecule has 1 atom stereocenters. The minimum Gasteiger partial charge on any atom is -0.394 e. The summed E-state index contributed by atoms with van der Waals surface area (Å²) in [7, 11) is 0. The van der Waals surface area contributed by atoms with Crippen LogP contribution in [-0.2, 0) is 5.75 Å². The summed E-state index contributed by atoms with van der Waals surface area (Å²) in [6.45, 7) is -0.154. The smallest absolute Gasteiger partial charge is 0.0861 e. The molecule has 0 bridgehead atoms. The summed E-state index contributed by atoms with van der Waals surface area (Å²) < 4.78 is 1.13. The minimum absolute atomic E-state index is 0.154. The fraction of sp³-hybridized carbons (Fsp3) is 0.500. The van der Waals surface area contributed by atoms with Gasteiger partial charge in [-0.05, 0) is 27.4 Å². The summed E-state index contributed by atoms with van der Waals surface area (Å²) >= 11 is 6.76. The van der Waals surface area contributed by atoms with Gasteiger partial charge in [-0.3, -0.25) is 0 Å². The van der Waals surface area contributed by atoms with Crippen LogP contribution in [0.2, 0.25) is 0 Å².